The molecule has 150 valence electrons. The molecular weight excluding hydrogens is 370 g/mol. The topological polar surface area (TPSA) is 97.6 Å². The minimum Gasteiger partial charge on any atom is -0.493 e. The van der Waals surface area contributed by atoms with Gasteiger partial charge in [-0.1, -0.05) is 0 Å². The predicted molar refractivity (Wildman–Crippen MR) is 109 cm³/mol. The Labute approximate surface area is 168 Å². The SMILES string of the molecule is COc1ccc(-c2cc3nc(CCc4c(C)n[nH]c4C)cc(O)n3n2)cc1OC. The Kier molecular flexibility index (Phi) is 4.84. The highest BCUT2D eigenvalue weighted by Crippen LogP contribution is 2.32. The number of rotatable bonds is 6. The van der Waals surface area contributed by atoms with Crippen LogP contribution in [0, 0.1) is 13.8 Å². The number of nitrogens with zero attached hydrogens (tertiary/aromatic N) is 4. The summed E-state index contributed by atoms with van der Waals surface area (Å²) < 4.78 is 12.1. The fourth-order valence-electron chi connectivity index (χ4n) is 3.47. The van der Waals surface area contributed by atoms with E-state index in [-0.39, 0.29) is 5.88 Å². The number of H-pyrrole nitrogens is 1. The fraction of sp³-hybridized carbons (Fsp3) is 0.286. The van der Waals surface area contributed by atoms with Gasteiger partial charge in [0, 0.05) is 29.1 Å². The second-order valence-electron chi connectivity index (χ2n) is 6.89. The van der Waals surface area contributed by atoms with E-state index < -0.39 is 0 Å². The van der Waals surface area contributed by atoms with Crippen molar-refractivity contribution < 1.29 is 14.6 Å². The molecule has 0 fully saturated rings. The van der Waals surface area contributed by atoms with Crippen LogP contribution in [0.3, 0.4) is 0 Å². The third kappa shape index (κ3) is 3.49. The molecule has 0 spiro atoms. The lowest BCUT2D eigenvalue weighted by Crippen LogP contribution is -2.00. The smallest absolute Gasteiger partial charge is 0.215 e. The largest absolute Gasteiger partial charge is 0.493 e. The summed E-state index contributed by atoms with van der Waals surface area (Å²) in [4.78, 5) is 4.67. The van der Waals surface area contributed by atoms with Gasteiger partial charge >= 0.3 is 0 Å². The maximum Gasteiger partial charge on any atom is 0.215 e. The van der Waals surface area contributed by atoms with Crippen LogP contribution in [0.1, 0.15) is 22.6 Å². The van der Waals surface area contributed by atoms with Crippen LogP contribution in [0.15, 0.2) is 30.3 Å². The molecule has 0 aliphatic rings. The van der Waals surface area contributed by atoms with E-state index in [9.17, 15) is 5.11 Å². The Morgan fingerprint density at radius 3 is 2.52 bits per heavy atom. The molecule has 3 heterocycles. The molecule has 0 saturated carbocycles. The van der Waals surface area contributed by atoms with Gasteiger partial charge < -0.3 is 14.6 Å². The first-order valence-corrected chi connectivity index (χ1v) is 9.31. The first-order valence-electron chi connectivity index (χ1n) is 9.31. The van der Waals surface area contributed by atoms with Crippen molar-refractivity contribution in [3.05, 3.63) is 53.0 Å². The number of hydrogen-bond donors (Lipinski definition) is 2. The number of aryl methyl sites for hydroxylation is 3. The fourth-order valence-corrected chi connectivity index (χ4v) is 3.47. The average Bonchev–Trinajstić information content (AvgIpc) is 3.29. The van der Waals surface area contributed by atoms with Crippen molar-refractivity contribution in [1.29, 1.82) is 0 Å². The van der Waals surface area contributed by atoms with Gasteiger partial charge in [-0.25, -0.2) is 4.98 Å². The van der Waals surface area contributed by atoms with E-state index >= 15 is 0 Å². The van der Waals surface area contributed by atoms with E-state index in [2.05, 4.69) is 20.3 Å². The molecular formula is C21H23N5O3. The van der Waals surface area contributed by atoms with E-state index in [1.165, 1.54) is 10.1 Å². The Morgan fingerprint density at radius 2 is 1.83 bits per heavy atom. The lowest BCUT2D eigenvalue weighted by Gasteiger charge is -2.08. The molecule has 8 heteroatoms. The quantitative estimate of drug-likeness (QED) is 0.522. The summed E-state index contributed by atoms with van der Waals surface area (Å²) in [6, 6.07) is 9.07. The molecule has 0 amide bonds. The van der Waals surface area contributed by atoms with Crippen LogP contribution < -0.4 is 9.47 Å². The molecule has 0 unspecified atom stereocenters. The van der Waals surface area contributed by atoms with Gasteiger partial charge in [0.1, 0.15) is 0 Å². The number of aromatic hydroxyl groups is 1. The van der Waals surface area contributed by atoms with E-state index in [4.69, 9.17) is 9.47 Å². The van der Waals surface area contributed by atoms with Gasteiger partial charge in [-0.2, -0.15) is 14.7 Å². The molecule has 29 heavy (non-hydrogen) atoms. The number of benzene rings is 1. The van der Waals surface area contributed by atoms with Gasteiger partial charge in [-0.15, -0.1) is 0 Å². The number of methoxy groups -OCH3 is 2. The Morgan fingerprint density at radius 1 is 1.03 bits per heavy atom. The molecule has 0 aliphatic heterocycles. The van der Waals surface area contributed by atoms with Gasteiger partial charge in [0.25, 0.3) is 0 Å². The molecule has 4 rings (SSSR count). The summed E-state index contributed by atoms with van der Waals surface area (Å²) in [6.07, 6.45) is 1.50. The van der Waals surface area contributed by atoms with Gasteiger partial charge in [0.05, 0.1) is 25.6 Å². The van der Waals surface area contributed by atoms with Gasteiger partial charge in [0.2, 0.25) is 5.88 Å². The van der Waals surface area contributed by atoms with Crippen LogP contribution in [-0.2, 0) is 12.8 Å². The predicted octanol–water partition coefficient (Wildman–Crippen LogP) is 3.24. The van der Waals surface area contributed by atoms with E-state index in [0.29, 0.717) is 29.3 Å². The standard InChI is InChI=1S/C21H23N5O3/c1-12-16(13(2)24-23-12)7-6-15-10-21(27)26-20(22-15)11-17(25-26)14-5-8-18(28-3)19(9-14)29-4/h5,8-11,27H,6-7H2,1-4H3,(H,23,24). The van der Waals surface area contributed by atoms with Crippen LogP contribution in [0.25, 0.3) is 16.9 Å². The normalized spacial score (nSPS) is 11.2. The summed E-state index contributed by atoms with van der Waals surface area (Å²) in [6.45, 7) is 4.00. The molecule has 0 radical (unpaired) electrons. The molecule has 4 aromatic rings. The highest BCUT2D eigenvalue weighted by molar-refractivity contribution is 5.67. The van der Waals surface area contributed by atoms with Crippen molar-refractivity contribution in [3.63, 3.8) is 0 Å². The van der Waals surface area contributed by atoms with Crippen LogP contribution in [0.2, 0.25) is 0 Å². The highest BCUT2D eigenvalue weighted by atomic mass is 16.5. The molecule has 0 saturated heterocycles. The zero-order valence-corrected chi connectivity index (χ0v) is 16.9. The zero-order valence-electron chi connectivity index (χ0n) is 16.9. The minimum absolute atomic E-state index is 0.0531. The number of aromatic nitrogens is 5. The lowest BCUT2D eigenvalue weighted by atomic mass is 10.1. The number of hydrogen-bond acceptors (Lipinski definition) is 6. The van der Waals surface area contributed by atoms with E-state index in [0.717, 1.165) is 29.1 Å². The van der Waals surface area contributed by atoms with Crippen molar-refractivity contribution in [1.82, 2.24) is 24.8 Å². The van der Waals surface area contributed by atoms with Crippen LogP contribution in [0.5, 0.6) is 17.4 Å². The molecule has 2 N–H and O–H groups in total. The second-order valence-corrected chi connectivity index (χ2v) is 6.89. The van der Waals surface area contributed by atoms with Crippen molar-refractivity contribution in [2.75, 3.05) is 14.2 Å². The molecule has 0 bridgehead atoms. The first kappa shape index (κ1) is 18.8. The van der Waals surface area contributed by atoms with Gasteiger partial charge in [-0.3, -0.25) is 5.10 Å². The number of aromatic amines is 1. The van der Waals surface area contributed by atoms with Gasteiger partial charge in [0.15, 0.2) is 17.1 Å². The Bertz CT molecular complexity index is 1160. The molecule has 0 atom stereocenters. The van der Waals surface area contributed by atoms with Crippen molar-refractivity contribution >= 4 is 5.65 Å². The summed E-state index contributed by atoms with van der Waals surface area (Å²) in [5.41, 5.74) is 6.16. The Balaban J connectivity index is 1.65. The number of fused-ring (bicyclic) bond motifs is 1. The molecule has 1 aromatic carbocycles. The number of nitrogens with one attached hydrogen (secondary N) is 1. The van der Waals surface area contributed by atoms with E-state index in [1.54, 1.807) is 20.3 Å². The van der Waals surface area contributed by atoms with Crippen molar-refractivity contribution in [3.8, 4) is 28.6 Å². The van der Waals surface area contributed by atoms with Crippen LogP contribution in [-0.4, -0.2) is 44.1 Å². The zero-order chi connectivity index (χ0) is 20.5. The maximum atomic E-state index is 10.5. The summed E-state index contributed by atoms with van der Waals surface area (Å²) in [5.74, 6) is 1.32. The highest BCUT2D eigenvalue weighted by Gasteiger charge is 2.14. The molecule has 0 aliphatic carbocycles. The minimum atomic E-state index is 0.0531. The summed E-state index contributed by atoms with van der Waals surface area (Å²) in [7, 11) is 3.19. The summed E-state index contributed by atoms with van der Waals surface area (Å²) in [5, 5.41) is 22.2. The summed E-state index contributed by atoms with van der Waals surface area (Å²) >= 11 is 0. The third-order valence-corrected chi connectivity index (χ3v) is 5.05. The third-order valence-electron chi connectivity index (χ3n) is 5.05. The number of ether oxygens (including phenoxy) is 2. The first-order chi connectivity index (χ1) is 14.0. The van der Waals surface area contributed by atoms with Crippen molar-refractivity contribution in [2.24, 2.45) is 0 Å². The molecule has 8 nitrogen and oxygen atoms in total. The maximum absolute atomic E-state index is 10.5. The second kappa shape index (κ2) is 7.46. The lowest BCUT2D eigenvalue weighted by molar-refractivity contribution is 0.355. The monoisotopic (exact) mass is 393 g/mol. The Hall–Kier alpha value is -3.55. The van der Waals surface area contributed by atoms with Crippen LogP contribution in [0.4, 0.5) is 0 Å². The molecule has 3 aromatic heterocycles. The van der Waals surface area contributed by atoms with Gasteiger partial charge in [-0.05, 0) is 50.5 Å². The average molecular weight is 393 g/mol. The van der Waals surface area contributed by atoms with E-state index in [1.807, 2.05) is 38.1 Å². The van der Waals surface area contributed by atoms with Crippen molar-refractivity contribution in [2.45, 2.75) is 26.7 Å². The van der Waals surface area contributed by atoms with Crippen LogP contribution >= 0.6 is 0 Å².